The third-order valence-corrected chi connectivity index (χ3v) is 7.42. The fraction of sp³-hybridized carbons (Fsp3) is 0.500. The van der Waals surface area contributed by atoms with Gasteiger partial charge < -0.3 is 29.7 Å². The highest BCUT2D eigenvalue weighted by molar-refractivity contribution is 5.89. The second kappa shape index (κ2) is 10.6. The monoisotopic (exact) mass is 525 g/mol. The zero-order valence-corrected chi connectivity index (χ0v) is 20.9. The predicted molar refractivity (Wildman–Crippen MR) is 130 cm³/mol. The number of anilines is 1. The summed E-state index contributed by atoms with van der Waals surface area (Å²) < 4.78 is 66.3. The van der Waals surface area contributed by atoms with Crippen LogP contribution in [-0.2, 0) is 5.41 Å². The molecule has 3 atom stereocenters. The number of nitrogens with zero attached hydrogens (tertiary/aromatic N) is 1. The molecule has 1 aliphatic heterocycles. The first-order chi connectivity index (χ1) is 17.6. The Kier molecular flexibility index (Phi) is 7.72. The summed E-state index contributed by atoms with van der Waals surface area (Å²) in [5, 5.41) is 5.54. The van der Waals surface area contributed by atoms with Gasteiger partial charge in [0.2, 0.25) is 0 Å². The summed E-state index contributed by atoms with van der Waals surface area (Å²) >= 11 is 0. The van der Waals surface area contributed by atoms with Gasteiger partial charge >= 0.3 is 18.6 Å². The van der Waals surface area contributed by atoms with Gasteiger partial charge in [0.25, 0.3) is 0 Å². The van der Waals surface area contributed by atoms with Crippen molar-refractivity contribution in [3.8, 4) is 17.2 Å². The lowest BCUT2D eigenvalue weighted by molar-refractivity contribution is -0.253. The Bertz CT molecular complexity index is 1120. The molecule has 202 valence electrons. The molecule has 2 N–H and O–H groups in total. The Balaban J connectivity index is 1.42. The summed E-state index contributed by atoms with van der Waals surface area (Å²) in [7, 11) is 5.30. The molecule has 2 fully saturated rings. The van der Waals surface area contributed by atoms with E-state index in [-0.39, 0.29) is 23.2 Å². The van der Waals surface area contributed by atoms with Gasteiger partial charge in [-0.25, -0.2) is 4.79 Å². The van der Waals surface area contributed by atoms with E-state index in [4.69, 9.17) is 9.47 Å². The number of likely N-dealkylation sites (N-methyl/N-ethyl adjacent to an activating group) is 1. The van der Waals surface area contributed by atoms with Gasteiger partial charge in [-0.1, -0.05) is 12.1 Å². The molecule has 1 saturated carbocycles. The minimum Gasteiger partial charge on any atom is -0.493 e. The number of benzene rings is 2. The van der Waals surface area contributed by atoms with Crippen LogP contribution in [0.3, 0.4) is 0 Å². The van der Waals surface area contributed by atoms with Crippen molar-refractivity contribution in [1.29, 1.82) is 0 Å². The van der Waals surface area contributed by atoms with Crippen molar-refractivity contribution in [2.75, 3.05) is 33.1 Å². The number of methoxy groups -OCH3 is 2. The summed E-state index contributed by atoms with van der Waals surface area (Å²) in [6.45, 7) is 0.925. The largest absolute Gasteiger partial charge is 0.493 e. The first kappa shape index (κ1) is 26.8. The molecule has 0 bridgehead atoms. The van der Waals surface area contributed by atoms with E-state index in [1.54, 1.807) is 14.2 Å². The smallest absolute Gasteiger partial charge is 0.461 e. The number of hydrogen-bond acceptors (Lipinski definition) is 5. The van der Waals surface area contributed by atoms with E-state index in [1.165, 1.54) is 17.7 Å². The first-order valence-electron chi connectivity index (χ1n) is 12.0. The lowest BCUT2D eigenvalue weighted by Gasteiger charge is -2.45. The van der Waals surface area contributed by atoms with E-state index in [0.717, 1.165) is 44.4 Å². The van der Waals surface area contributed by atoms with Gasteiger partial charge in [0.1, 0.15) is 5.75 Å². The number of amides is 2. The molecule has 2 aliphatic rings. The molecule has 0 aromatic heterocycles. The second-order valence-corrected chi connectivity index (χ2v) is 9.53. The van der Waals surface area contributed by atoms with Crippen LogP contribution in [0.4, 0.5) is 28.0 Å². The summed E-state index contributed by atoms with van der Waals surface area (Å²) in [5.41, 5.74) is 1.25. The zero-order chi connectivity index (χ0) is 26.8. The van der Waals surface area contributed by atoms with E-state index in [1.807, 2.05) is 12.1 Å². The zero-order valence-electron chi connectivity index (χ0n) is 20.9. The number of rotatable bonds is 8. The number of carbonyl (C=O) groups is 1. The molecule has 4 rings (SSSR count). The maximum Gasteiger partial charge on any atom is 0.461 e. The fourth-order valence-electron chi connectivity index (χ4n) is 5.59. The van der Waals surface area contributed by atoms with Gasteiger partial charge in [0.15, 0.2) is 11.5 Å². The van der Waals surface area contributed by atoms with Crippen LogP contribution in [0.1, 0.15) is 31.2 Å². The lowest BCUT2D eigenvalue weighted by Crippen LogP contribution is -2.52. The molecule has 1 heterocycles. The molecule has 1 aliphatic carbocycles. The normalized spacial score (nSPS) is 23.9. The molecule has 11 heteroatoms. The molecular weight excluding hydrogens is 494 g/mol. The van der Waals surface area contributed by atoms with Gasteiger partial charge in [-0.2, -0.15) is 17.6 Å². The molecule has 2 aromatic rings. The predicted octanol–water partition coefficient (Wildman–Crippen LogP) is 5.26. The van der Waals surface area contributed by atoms with Crippen LogP contribution in [-0.4, -0.2) is 63.4 Å². The number of alkyl halides is 4. The first-order valence-corrected chi connectivity index (χ1v) is 12.0. The van der Waals surface area contributed by atoms with Gasteiger partial charge in [-0.3, -0.25) is 0 Å². The highest BCUT2D eigenvalue weighted by Crippen LogP contribution is 2.49. The maximum atomic E-state index is 13.2. The summed E-state index contributed by atoms with van der Waals surface area (Å²) in [5.74, 6) is 0.873. The molecule has 7 nitrogen and oxygen atoms in total. The highest BCUT2D eigenvalue weighted by atomic mass is 19.3. The third kappa shape index (κ3) is 5.56. The van der Waals surface area contributed by atoms with E-state index >= 15 is 0 Å². The number of likely N-dealkylation sites (tertiary alicyclic amines) is 1. The molecular formula is C26H31F4N3O4. The molecule has 0 unspecified atom stereocenters. The maximum absolute atomic E-state index is 13.2. The number of urea groups is 1. The third-order valence-electron chi connectivity index (χ3n) is 7.42. The van der Waals surface area contributed by atoms with Crippen molar-refractivity contribution < 1.29 is 36.6 Å². The minimum atomic E-state index is -4.63. The Labute approximate surface area is 213 Å². The van der Waals surface area contributed by atoms with Crippen LogP contribution in [0.15, 0.2) is 42.5 Å². The van der Waals surface area contributed by atoms with Crippen LogP contribution in [0.25, 0.3) is 0 Å². The van der Waals surface area contributed by atoms with Gasteiger partial charge in [0, 0.05) is 29.3 Å². The average molecular weight is 526 g/mol. The number of halogens is 4. The topological polar surface area (TPSA) is 72.1 Å². The van der Waals surface area contributed by atoms with Crippen LogP contribution in [0, 0.1) is 0 Å². The van der Waals surface area contributed by atoms with Crippen molar-refractivity contribution >= 4 is 11.7 Å². The van der Waals surface area contributed by atoms with Crippen molar-refractivity contribution in [1.82, 2.24) is 10.2 Å². The average Bonchev–Trinajstić information content (AvgIpc) is 3.20. The van der Waals surface area contributed by atoms with Crippen molar-refractivity contribution in [2.24, 2.45) is 0 Å². The molecule has 1 saturated heterocycles. The number of fused-ring (bicyclic) bond motifs is 1. The highest BCUT2D eigenvalue weighted by Gasteiger charge is 2.50. The fourth-order valence-corrected chi connectivity index (χ4v) is 5.59. The standard InChI is InChI=1S/C26H31F4N3O4/c1-33-12-11-25(16-7-8-20(35-2)21(13-16)36-3)10-9-18(15-22(25)33)32-24(34)31-17-5-4-6-19(14-17)37-26(29,30)23(27)28/h4-8,13-14,18,22-23H,9-12,15H2,1-3H3,(H2,31,32,34)/t18-,22+,25-/m0/s1. The van der Waals surface area contributed by atoms with E-state index < -0.39 is 24.3 Å². The Morgan fingerprint density at radius 3 is 2.57 bits per heavy atom. The second-order valence-electron chi connectivity index (χ2n) is 9.53. The van der Waals surface area contributed by atoms with E-state index in [0.29, 0.717) is 11.5 Å². The molecule has 2 amide bonds. The van der Waals surface area contributed by atoms with Crippen molar-refractivity contribution in [3.63, 3.8) is 0 Å². The minimum absolute atomic E-state index is 0.0788. The van der Waals surface area contributed by atoms with Gasteiger partial charge in [0.05, 0.1) is 14.2 Å². The Hall–Kier alpha value is -3.21. The van der Waals surface area contributed by atoms with Gasteiger partial charge in [-0.15, -0.1) is 0 Å². The summed E-state index contributed by atoms with van der Waals surface area (Å²) in [6, 6.07) is 10.6. The van der Waals surface area contributed by atoms with Gasteiger partial charge in [-0.05, 0) is 69.1 Å². The molecule has 0 radical (unpaired) electrons. The Morgan fingerprint density at radius 2 is 1.86 bits per heavy atom. The SMILES string of the molecule is COc1ccc([C@@]23CC[C@H](NC(=O)Nc4cccc(OC(F)(F)C(F)F)c4)C[C@H]2N(C)CC3)cc1OC. The Morgan fingerprint density at radius 1 is 1.11 bits per heavy atom. The molecule has 37 heavy (non-hydrogen) atoms. The van der Waals surface area contributed by atoms with Crippen LogP contribution in [0.2, 0.25) is 0 Å². The summed E-state index contributed by atoms with van der Waals surface area (Å²) in [6.07, 6.45) is -5.29. The summed E-state index contributed by atoms with van der Waals surface area (Å²) in [4.78, 5) is 15.0. The van der Waals surface area contributed by atoms with Crippen molar-refractivity contribution in [2.45, 2.75) is 55.7 Å². The molecule has 2 aromatic carbocycles. The number of nitrogens with one attached hydrogen (secondary N) is 2. The van der Waals surface area contributed by atoms with Crippen LogP contribution in [0.5, 0.6) is 17.2 Å². The quantitative estimate of drug-likeness (QED) is 0.461. The van der Waals surface area contributed by atoms with E-state index in [9.17, 15) is 22.4 Å². The van der Waals surface area contributed by atoms with E-state index in [2.05, 4.69) is 33.4 Å². The lowest BCUT2D eigenvalue weighted by atomic mass is 9.65. The van der Waals surface area contributed by atoms with Crippen LogP contribution < -0.4 is 24.8 Å². The number of carbonyl (C=O) groups excluding carboxylic acids is 1. The number of hydrogen-bond donors (Lipinski definition) is 2. The molecule has 0 spiro atoms. The van der Waals surface area contributed by atoms with Crippen LogP contribution >= 0.6 is 0 Å². The number of ether oxygens (including phenoxy) is 3. The van der Waals surface area contributed by atoms with Crippen molar-refractivity contribution in [3.05, 3.63) is 48.0 Å².